The van der Waals surface area contributed by atoms with Crippen LogP contribution >= 0.6 is 0 Å². The Morgan fingerprint density at radius 2 is 2.27 bits per heavy atom. The third-order valence-electron chi connectivity index (χ3n) is 2.57. The number of hydrogen-bond donors (Lipinski definition) is 2. The predicted molar refractivity (Wildman–Crippen MR) is 61.3 cm³/mol. The lowest BCUT2D eigenvalue weighted by molar-refractivity contribution is -0.133. The van der Waals surface area contributed by atoms with Crippen molar-refractivity contribution in [2.45, 2.75) is 26.3 Å². The molecule has 2 atom stereocenters. The summed E-state index contributed by atoms with van der Waals surface area (Å²) >= 11 is 0. The molecule has 15 heavy (non-hydrogen) atoms. The zero-order valence-corrected chi connectivity index (χ0v) is 9.65. The van der Waals surface area contributed by atoms with Gasteiger partial charge in [0, 0.05) is 13.1 Å². The van der Waals surface area contributed by atoms with Gasteiger partial charge in [-0.15, -0.1) is 6.58 Å². The van der Waals surface area contributed by atoms with Crippen molar-refractivity contribution in [3.05, 3.63) is 12.7 Å². The molecule has 0 bridgehead atoms. The second kappa shape index (κ2) is 7.43. The van der Waals surface area contributed by atoms with Crippen LogP contribution in [0.25, 0.3) is 0 Å². The van der Waals surface area contributed by atoms with Crippen LogP contribution in [0.1, 0.15) is 20.3 Å². The van der Waals surface area contributed by atoms with Crippen molar-refractivity contribution in [1.29, 1.82) is 0 Å². The first-order chi connectivity index (χ1) is 7.08. The van der Waals surface area contributed by atoms with Crippen molar-refractivity contribution >= 4 is 5.91 Å². The number of aliphatic hydroxyl groups excluding tert-OH is 1. The molecule has 0 aromatic heterocycles. The summed E-state index contributed by atoms with van der Waals surface area (Å²) in [6.45, 7) is 8.23. The molecule has 0 spiro atoms. The lowest BCUT2D eigenvalue weighted by atomic mass is 9.99. The Balaban J connectivity index is 4.40. The predicted octanol–water partition coefficient (Wildman–Crippen LogP) is 0.367. The molecule has 0 unspecified atom stereocenters. The summed E-state index contributed by atoms with van der Waals surface area (Å²) < 4.78 is 0. The largest absolute Gasteiger partial charge is 0.395 e. The van der Waals surface area contributed by atoms with Gasteiger partial charge in [0.15, 0.2) is 0 Å². The third kappa shape index (κ3) is 4.44. The molecule has 0 aliphatic rings. The average Bonchev–Trinajstić information content (AvgIpc) is 2.25. The number of carbonyl (C=O) groups is 1. The zero-order valence-electron chi connectivity index (χ0n) is 9.65. The zero-order chi connectivity index (χ0) is 11.8. The van der Waals surface area contributed by atoms with Gasteiger partial charge in [0.25, 0.3) is 0 Å². The highest BCUT2D eigenvalue weighted by molar-refractivity contribution is 5.82. The molecule has 0 saturated carbocycles. The Morgan fingerprint density at radius 3 is 2.67 bits per heavy atom. The van der Waals surface area contributed by atoms with Crippen LogP contribution in [0, 0.1) is 5.92 Å². The van der Waals surface area contributed by atoms with E-state index in [0.717, 1.165) is 6.42 Å². The van der Waals surface area contributed by atoms with E-state index in [9.17, 15) is 4.79 Å². The minimum absolute atomic E-state index is 0.0488. The van der Waals surface area contributed by atoms with Crippen molar-refractivity contribution < 1.29 is 9.90 Å². The molecule has 1 amide bonds. The second-order valence-electron chi connectivity index (χ2n) is 3.71. The summed E-state index contributed by atoms with van der Waals surface area (Å²) in [5.41, 5.74) is 5.83. The first-order valence-corrected chi connectivity index (χ1v) is 5.34. The van der Waals surface area contributed by atoms with E-state index in [1.807, 2.05) is 13.8 Å². The molecule has 0 aromatic carbocycles. The van der Waals surface area contributed by atoms with Gasteiger partial charge in [0.2, 0.25) is 5.91 Å². The van der Waals surface area contributed by atoms with E-state index < -0.39 is 6.04 Å². The van der Waals surface area contributed by atoms with Crippen LogP contribution in [0.15, 0.2) is 12.7 Å². The second-order valence-corrected chi connectivity index (χ2v) is 3.71. The van der Waals surface area contributed by atoms with Crippen LogP contribution in [0.5, 0.6) is 0 Å². The monoisotopic (exact) mass is 214 g/mol. The van der Waals surface area contributed by atoms with Gasteiger partial charge in [-0.1, -0.05) is 26.3 Å². The summed E-state index contributed by atoms with van der Waals surface area (Å²) in [7, 11) is 0. The van der Waals surface area contributed by atoms with Gasteiger partial charge >= 0.3 is 0 Å². The summed E-state index contributed by atoms with van der Waals surface area (Å²) in [5.74, 6) is 0.0433. The van der Waals surface area contributed by atoms with Gasteiger partial charge in [0.05, 0.1) is 12.6 Å². The molecule has 0 aliphatic carbocycles. The normalized spacial score (nSPS) is 14.4. The quantitative estimate of drug-likeness (QED) is 0.602. The van der Waals surface area contributed by atoms with Crippen molar-refractivity contribution in [3.8, 4) is 0 Å². The molecular weight excluding hydrogens is 192 g/mol. The molecular formula is C11H22N2O2. The number of nitrogens with two attached hydrogens (primary N) is 1. The fraction of sp³-hybridized carbons (Fsp3) is 0.727. The van der Waals surface area contributed by atoms with E-state index in [1.54, 1.807) is 6.08 Å². The Kier molecular flexibility index (Phi) is 6.99. The number of amides is 1. The first-order valence-electron chi connectivity index (χ1n) is 5.34. The maximum Gasteiger partial charge on any atom is 0.240 e. The van der Waals surface area contributed by atoms with Crippen LogP contribution in [0.4, 0.5) is 0 Å². The van der Waals surface area contributed by atoms with E-state index in [2.05, 4.69) is 6.58 Å². The van der Waals surface area contributed by atoms with Gasteiger partial charge in [-0.3, -0.25) is 4.79 Å². The summed E-state index contributed by atoms with van der Waals surface area (Å²) in [6, 6.07) is -0.485. The highest BCUT2D eigenvalue weighted by Crippen LogP contribution is 2.08. The molecule has 0 rings (SSSR count). The summed E-state index contributed by atoms with van der Waals surface area (Å²) in [6.07, 6.45) is 2.50. The number of carbonyl (C=O) groups excluding carboxylic acids is 1. The van der Waals surface area contributed by atoms with E-state index in [4.69, 9.17) is 10.8 Å². The molecule has 0 heterocycles. The van der Waals surface area contributed by atoms with Crippen LogP contribution in [0.2, 0.25) is 0 Å². The van der Waals surface area contributed by atoms with Crippen LogP contribution in [0.3, 0.4) is 0 Å². The lowest BCUT2D eigenvalue weighted by Gasteiger charge is -2.26. The van der Waals surface area contributed by atoms with E-state index in [0.29, 0.717) is 13.1 Å². The van der Waals surface area contributed by atoms with Gasteiger partial charge in [-0.2, -0.15) is 0 Å². The van der Waals surface area contributed by atoms with Crippen molar-refractivity contribution in [2.75, 3.05) is 19.7 Å². The first kappa shape index (κ1) is 14.1. The van der Waals surface area contributed by atoms with Crippen LogP contribution < -0.4 is 5.73 Å². The number of rotatable bonds is 7. The molecule has 0 aromatic rings. The molecule has 0 radical (unpaired) electrons. The number of hydrogen-bond acceptors (Lipinski definition) is 3. The number of aliphatic hydroxyl groups is 1. The SMILES string of the molecule is C=CCN(CCO)C(=O)[C@@H](N)[C@@H](C)CC. The van der Waals surface area contributed by atoms with E-state index in [1.165, 1.54) is 4.90 Å². The fourth-order valence-electron chi connectivity index (χ4n) is 1.28. The minimum atomic E-state index is -0.485. The summed E-state index contributed by atoms with van der Waals surface area (Å²) in [5, 5.41) is 8.82. The Hall–Kier alpha value is -0.870. The van der Waals surface area contributed by atoms with E-state index >= 15 is 0 Å². The molecule has 4 nitrogen and oxygen atoms in total. The average molecular weight is 214 g/mol. The molecule has 3 N–H and O–H groups in total. The van der Waals surface area contributed by atoms with Crippen molar-refractivity contribution in [1.82, 2.24) is 4.90 Å². The van der Waals surface area contributed by atoms with Gasteiger partial charge in [0.1, 0.15) is 0 Å². The molecule has 88 valence electrons. The maximum atomic E-state index is 11.9. The third-order valence-corrected chi connectivity index (χ3v) is 2.57. The van der Waals surface area contributed by atoms with Crippen LogP contribution in [-0.4, -0.2) is 41.7 Å². The highest BCUT2D eigenvalue weighted by Gasteiger charge is 2.23. The topological polar surface area (TPSA) is 66.6 Å². The minimum Gasteiger partial charge on any atom is -0.395 e. The molecule has 0 fully saturated rings. The van der Waals surface area contributed by atoms with Crippen LogP contribution in [-0.2, 0) is 4.79 Å². The smallest absolute Gasteiger partial charge is 0.240 e. The maximum absolute atomic E-state index is 11.9. The Morgan fingerprint density at radius 1 is 1.67 bits per heavy atom. The highest BCUT2D eigenvalue weighted by atomic mass is 16.3. The summed E-state index contributed by atoms with van der Waals surface area (Å²) in [4.78, 5) is 13.4. The van der Waals surface area contributed by atoms with Crippen molar-refractivity contribution in [3.63, 3.8) is 0 Å². The molecule has 0 aliphatic heterocycles. The fourth-order valence-corrected chi connectivity index (χ4v) is 1.28. The van der Waals surface area contributed by atoms with Gasteiger partial charge in [-0.05, 0) is 5.92 Å². The Bertz CT molecular complexity index is 207. The lowest BCUT2D eigenvalue weighted by Crippen LogP contribution is -2.48. The standard InChI is InChI=1S/C11H22N2O2/c1-4-6-13(7-8-14)11(15)10(12)9(3)5-2/h4,9-10,14H,1,5-8,12H2,2-3H3/t9-,10-/m0/s1. The molecule has 4 heteroatoms. The molecule has 0 saturated heterocycles. The van der Waals surface area contributed by atoms with Crippen molar-refractivity contribution in [2.24, 2.45) is 11.7 Å². The van der Waals surface area contributed by atoms with Gasteiger partial charge in [-0.25, -0.2) is 0 Å². The van der Waals surface area contributed by atoms with E-state index in [-0.39, 0.29) is 18.4 Å². The van der Waals surface area contributed by atoms with Gasteiger partial charge < -0.3 is 15.7 Å². The number of nitrogens with zero attached hydrogens (tertiary/aromatic N) is 1. The Labute approximate surface area is 91.8 Å².